The number of anilines is 1. The summed E-state index contributed by atoms with van der Waals surface area (Å²) in [6.07, 6.45) is -3.27. The summed E-state index contributed by atoms with van der Waals surface area (Å²) < 4.78 is 43.8. The van der Waals surface area contributed by atoms with Gasteiger partial charge in [0.1, 0.15) is 17.4 Å². The van der Waals surface area contributed by atoms with E-state index in [2.05, 4.69) is 4.98 Å². The number of hydrogen-bond acceptors (Lipinski definition) is 4. The molecule has 2 aromatic rings. The Balaban J connectivity index is 2.47. The number of aromatic nitrogens is 1. The minimum absolute atomic E-state index is 0.0311. The average molecular weight is 279 g/mol. The Kier molecular flexibility index (Phi) is 3.48. The van der Waals surface area contributed by atoms with E-state index in [0.717, 1.165) is 12.1 Å². The number of nitrogen functional groups attached to an aromatic ring is 1. The van der Waals surface area contributed by atoms with Gasteiger partial charge < -0.3 is 10.5 Å². The van der Waals surface area contributed by atoms with Gasteiger partial charge in [0.05, 0.1) is 0 Å². The number of pyridine rings is 1. The van der Waals surface area contributed by atoms with Gasteiger partial charge in [0.25, 0.3) is 0 Å². The van der Waals surface area contributed by atoms with Crippen LogP contribution in [0, 0.1) is 11.3 Å². The van der Waals surface area contributed by atoms with Crippen LogP contribution in [0.25, 0.3) is 0 Å². The first-order chi connectivity index (χ1) is 9.41. The third kappa shape index (κ3) is 2.80. The molecule has 1 aromatic carbocycles. The van der Waals surface area contributed by atoms with Crippen molar-refractivity contribution in [2.24, 2.45) is 0 Å². The van der Waals surface area contributed by atoms with E-state index in [0.29, 0.717) is 0 Å². The van der Waals surface area contributed by atoms with Gasteiger partial charge in [0.15, 0.2) is 11.4 Å². The van der Waals surface area contributed by atoms with Crippen LogP contribution in [0.2, 0.25) is 0 Å². The standard InChI is InChI=1S/C13H8F3N3O/c14-13(15,16)9-6-8(18)3-4-11(9)20-12-2-1-5-19-10(12)7-17/h1-6H,18H2. The van der Waals surface area contributed by atoms with Gasteiger partial charge in [-0.25, -0.2) is 4.98 Å². The highest BCUT2D eigenvalue weighted by atomic mass is 19.4. The molecule has 0 atom stereocenters. The highest BCUT2D eigenvalue weighted by molar-refractivity contribution is 5.51. The summed E-state index contributed by atoms with van der Waals surface area (Å²) in [6, 6.07) is 7.73. The monoisotopic (exact) mass is 279 g/mol. The van der Waals surface area contributed by atoms with Crippen LogP contribution in [0.4, 0.5) is 18.9 Å². The van der Waals surface area contributed by atoms with Gasteiger partial charge in [-0.2, -0.15) is 18.4 Å². The predicted molar refractivity (Wildman–Crippen MR) is 64.9 cm³/mol. The van der Waals surface area contributed by atoms with E-state index >= 15 is 0 Å². The number of nitrogens with two attached hydrogens (primary N) is 1. The molecule has 7 heteroatoms. The quantitative estimate of drug-likeness (QED) is 0.856. The Morgan fingerprint density at radius 2 is 1.95 bits per heavy atom. The van der Waals surface area contributed by atoms with Gasteiger partial charge in [-0.15, -0.1) is 0 Å². The second-order valence-electron chi connectivity index (χ2n) is 3.82. The van der Waals surface area contributed by atoms with E-state index in [4.69, 9.17) is 15.7 Å². The highest BCUT2D eigenvalue weighted by Gasteiger charge is 2.35. The summed E-state index contributed by atoms with van der Waals surface area (Å²) in [5, 5.41) is 8.84. The lowest BCUT2D eigenvalue weighted by Gasteiger charge is -2.14. The van der Waals surface area contributed by atoms with Gasteiger partial charge in [-0.1, -0.05) is 0 Å². The van der Waals surface area contributed by atoms with Gasteiger partial charge in [-0.3, -0.25) is 0 Å². The van der Waals surface area contributed by atoms with Crippen LogP contribution in [0.3, 0.4) is 0 Å². The van der Waals surface area contributed by atoms with Crippen LogP contribution in [-0.2, 0) is 6.18 Å². The Bertz CT molecular complexity index is 677. The molecular formula is C13H8F3N3O. The minimum atomic E-state index is -4.61. The van der Waals surface area contributed by atoms with E-state index in [-0.39, 0.29) is 17.1 Å². The van der Waals surface area contributed by atoms with E-state index < -0.39 is 17.5 Å². The molecule has 0 radical (unpaired) electrons. The van der Waals surface area contributed by atoms with Crippen LogP contribution >= 0.6 is 0 Å². The summed E-state index contributed by atoms with van der Waals surface area (Å²) >= 11 is 0. The molecule has 0 aliphatic heterocycles. The van der Waals surface area contributed by atoms with E-state index in [1.54, 1.807) is 6.07 Å². The summed E-state index contributed by atoms with van der Waals surface area (Å²) in [7, 11) is 0. The third-order valence-electron chi connectivity index (χ3n) is 2.41. The van der Waals surface area contributed by atoms with E-state index in [9.17, 15) is 13.2 Å². The zero-order valence-corrected chi connectivity index (χ0v) is 9.98. The van der Waals surface area contributed by atoms with Crippen molar-refractivity contribution in [1.29, 1.82) is 5.26 Å². The Labute approximate surface area is 112 Å². The molecule has 20 heavy (non-hydrogen) atoms. The average Bonchev–Trinajstić information content (AvgIpc) is 2.40. The molecule has 2 N–H and O–H groups in total. The smallest absolute Gasteiger partial charge is 0.420 e. The zero-order valence-electron chi connectivity index (χ0n) is 9.98. The molecule has 0 bridgehead atoms. The van der Waals surface area contributed by atoms with Gasteiger partial charge in [0.2, 0.25) is 0 Å². The van der Waals surface area contributed by atoms with Gasteiger partial charge >= 0.3 is 6.18 Å². The van der Waals surface area contributed by atoms with Crippen LogP contribution in [0.5, 0.6) is 11.5 Å². The largest absolute Gasteiger partial charge is 0.454 e. The topological polar surface area (TPSA) is 71.9 Å². The number of nitriles is 1. The first kappa shape index (κ1) is 13.7. The molecule has 0 aliphatic carbocycles. The number of halogens is 3. The first-order valence-electron chi connectivity index (χ1n) is 5.41. The number of rotatable bonds is 2. The molecule has 0 amide bonds. The Hall–Kier alpha value is -2.75. The fourth-order valence-corrected chi connectivity index (χ4v) is 1.53. The van der Waals surface area contributed by atoms with Crippen LogP contribution < -0.4 is 10.5 Å². The van der Waals surface area contributed by atoms with E-state index in [1.807, 2.05) is 0 Å². The highest BCUT2D eigenvalue weighted by Crippen LogP contribution is 2.39. The van der Waals surface area contributed by atoms with Crippen LogP contribution in [0.15, 0.2) is 36.5 Å². The second-order valence-corrected chi connectivity index (χ2v) is 3.82. The van der Waals surface area contributed by atoms with Crippen LogP contribution in [0.1, 0.15) is 11.3 Å². The van der Waals surface area contributed by atoms with Crippen molar-refractivity contribution < 1.29 is 17.9 Å². The Morgan fingerprint density at radius 1 is 1.20 bits per heavy atom. The maximum absolute atomic E-state index is 12.9. The van der Waals surface area contributed by atoms with E-state index in [1.165, 1.54) is 24.4 Å². The third-order valence-corrected chi connectivity index (χ3v) is 2.41. The number of hydrogen-bond donors (Lipinski definition) is 1. The van der Waals surface area contributed by atoms with Gasteiger partial charge in [-0.05, 0) is 30.3 Å². The molecule has 0 spiro atoms. The molecule has 2 rings (SSSR count). The molecule has 1 aromatic heterocycles. The molecule has 0 unspecified atom stereocenters. The van der Waals surface area contributed by atoms with Crippen molar-refractivity contribution in [3.63, 3.8) is 0 Å². The second kappa shape index (κ2) is 5.09. The fourth-order valence-electron chi connectivity index (χ4n) is 1.53. The molecule has 0 saturated carbocycles. The maximum Gasteiger partial charge on any atom is 0.420 e. The summed E-state index contributed by atoms with van der Waals surface area (Å²) in [5.74, 6) is -0.485. The number of alkyl halides is 3. The summed E-state index contributed by atoms with van der Waals surface area (Å²) in [6.45, 7) is 0. The van der Waals surface area contributed by atoms with Crippen molar-refractivity contribution in [3.8, 4) is 17.6 Å². The maximum atomic E-state index is 12.9. The lowest BCUT2D eigenvalue weighted by molar-refractivity contribution is -0.138. The summed E-state index contributed by atoms with van der Waals surface area (Å²) in [5.41, 5.74) is 4.21. The molecule has 0 aliphatic rings. The van der Waals surface area contributed by atoms with Crippen molar-refractivity contribution in [3.05, 3.63) is 47.8 Å². The summed E-state index contributed by atoms with van der Waals surface area (Å²) in [4.78, 5) is 3.71. The first-order valence-corrected chi connectivity index (χ1v) is 5.41. The van der Waals surface area contributed by atoms with Crippen molar-refractivity contribution in [1.82, 2.24) is 4.98 Å². The fraction of sp³-hybridized carbons (Fsp3) is 0.0769. The molecule has 1 heterocycles. The number of nitrogens with zero attached hydrogens (tertiary/aromatic N) is 2. The lowest BCUT2D eigenvalue weighted by atomic mass is 10.1. The molecular weight excluding hydrogens is 271 g/mol. The SMILES string of the molecule is N#Cc1ncccc1Oc1ccc(N)cc1C(F)(F)F. The molecule has 0 saturated heterocycles. The molecule has 0 fully saturated rings. The number of ether oxygens (including phenoxy) is 1. The molecule has 102 valence electrons. The Morgan fingerprint density at radius 3 is 2.60 bits per heavy atom. The lowest BCUT2D eigenvalue weighted by Crippen LogP contribution is -2.08. The van der Waals surface area contributed by atoms with Crippen molar-refractivity contribution in [2.75, 3.05) is 5.73 Å². The van der Waals surface area contributed by atoms with Crippen molar-refractivity contribution in [2.45, 2.75) is 6.18 Å². The van der Waals surface area contributed by atoms with Gasteiger partial charge in [0, 0.05) is 11.9 Å². The van der Waals surface area contributed by atoms with Crippen molar-refractivity contribution >= 4 is 5.69 Å². The predicted octanol–water partition coefficient (Wildman–Crippen LogP) is 3.35. The zero-order chi connectivity index (χ0) is 14.8. The van der Waals surface area contributed by atoms with Crippen LogP contribution in [-0.4, -0.2) is 4.98 Å². The normalized spacial score (nSPS) is 10.9. The number of benzene rings is 1. The molecule has 4 nitrogen and oxygen atoms in total. The minimum Gasteiger partial charge on any atom is -0.454 e.